The fourth-order valence-electron chi connectivity index (χ4n) is 5.04. The topological polar surface area (TPSA) is 68.8 Å². The smallest absolute Gasteiger partial charge is 0.324 e. The molecule has 1 atom stereocenters. The number of hydrogen-bond donors (Lipinski definition) is 1. The fourth-order valence-corrected chi connectivity index (χ4v) is 5.21. The molecule has 2 saturated heterocycles. The van der Waals surface area contributed by atoms with Crippen molar-refractivity contribution < 1.29 is 9.59 Å². The second-order valence-corrected chi connectivity index (χ2v) is 9.34. The number of amides is 3. The molecule has 1 aromatic carbocycles. The number of aromatic nitrogens is 1. The highest BCUT2D eigenvalue weighted by Gasteiger charge is 2.35. The monoisotopic (exact) mass is 453 g/mol. The molecule has 3 amide bonds. The van der Waals surface area contributed by atoms with Gasteiger partial charge in [-0.05, 0) is 88.0 Å². The lowest BCUT2D eigenvalue weighted by Crippen LogP contribution is -2.46. The highest BCUT2D eigenvalue weighted by atomic mass is 35.5. The van der Waals surface area contributed by atoms with Crippen LogP contribution in [0.5, 0.6) is 0 Å². The van der Waals surface area contributed by atoms with Gasteiger partial charge in [0.15, 0.2) is 5.82 Å². The second kappa shape index (κ2) is 9.08. The van der Waals surface area contributed by atoms with Gasteiger partial charge >= 0.3 is 6.03 Å². The first-order valence-corrected chi connectivity index (χ1v) is 11.9. The van der Waals surface area contributed by atoms with E-state index in [0.717, 1.165) is 32.4 Å². The van der Waals surface area contributed by atoms with Crippen molar-refractivity contribution in [3.63, 3.8) is 0 Å². The number of piperidine rings is 1. The normalized spacial score (nSPS) is 21.0. The minimum Gasteiger partial charge on any atom is -0.324 e. The molecule has 1 N–H and O–H groups in total. The van der Waals surface area contributed by atoms with Crippen LogP contribution in [0.15, 0.2) is 36.5 Å². The van der Waals surface area contributed by atoms with Gasteiger partial charge in [-0.3, -0.25) is 4.79 Å². The maximum atomic E-state index is 13.9. The van der Waals surface area contributed by atoms with Gasteiger partial charge in [0.2, 0.25) is 0 Å². The third kappa shape index (κ3) is 4.19. The molecule has 3 aliphatic heterocycles. The fraction of sp³-hybridized carbons (Fsp3) is 0.458. The van der Waals surface area contributed by atoms with Crippen LogP contribution in [-0.4, -0.2) is 59.4 Å². The molecule has 7 nitrogen and oxygen atoms in total. The second-order valence-electron chi connectivity index (χ2n) is 8.90. The molecule has 1 unspecified atom stereocenters. The van der Waals surface area contributed by atoms with Crippen LogP contribution < -0.4 is 10.2 Å². The van der Waals surface area contributed by atoms with Crippen molar-refractivity contribution >= 4 is 40.7 Å². The highest BCUT2D eigenvalue weighted by molar-refractivity contribution is 6.31. The molecule has 168 valence electrons. The number of carbonyl (C=O) groups is 2. The van der Waals surface area contributed by atoms with Crippen LogP contribution >= 0.6 is 11.6 Å². The van der Waals surface area contributed by atoms with Gasteiger partial charge in [0.25, 0.3) is 5.91 Å². The summed E-state index contributed by atoms with van der Waals surface area (Å²) in [6.07, 6.45) is 7.47. The number of fused-ring (bicyclic) bond motifs is 2. The maximum absolute atomic E-state index is 13.9. The van der Waals surface area contributed by atoms with Gasteiger partial charge in [-0.25, -0.2) is 14.7 Å². The Morgan fingerprint density at radius 3 is 2.84 bits per heavy atom. The minimum absolute atomic E-state index is 0.157. The van der Waals surface area contributed by atoms with E-state index in [2.05, 4.69) is 15.2 Å². The molecular weight excluding hydrogens is 426 g/mol. The molecule has 0 spiro atoms. The summed E-state index contributed by atoms with van der Waals surface area (Å²) >= 11 is 6.28. The number of likely N-dealkylation sites (tertiary alicyclic amines) is 2. The number of rotatable bonds is 3. The van der Waals surface area contributed by atoms with Gasteiger partial charge in [-0.1, -0.05) is 11.6 Å². The van der Waals surface area contributed by atoms with E-state index in [1.54, 1.807) is 41.4 Å². The van der Waals surface area contributed by atoms with E-state index >= 15 is 0 Å². The van der Waals surface area contributed by atoms with Gasteiger partial charge < -0.3 is 15.1 Å². The van der Waals surface area contributed by atoms with E-state index in [1.807, 2.05) is 4.90 Å². The van der Waals surface area contributed by atoms with Crippen LogP contribution in [0.3, 0.4) is 0 Å². The predicted octanol–water partition coefficient (Wildman–Crippen LogP) is 4.76. The third-order valence-corrected chi connectivity index (χ3v) is 6.96. The number of hydrogen-bond acceptors (Lipinski definition) is 4. The van der Waals surface area contributed by atoms with Gasteiger partial charge in [0.1, 0.15) is 0 Å². The van der Waals surface area contributed by atoms with E-state index < -0.39 is 0 Å². The number of nitrogens with zero attached hydrogens (tertiary/aromatic N) is 4. The van der Waals surface area contributed by atoms with Crippen LogP contribution in [-0.2, 0) is 0 Å². The van der Waals surface area contributed by atoms with Crippen molar-refractivity contribution in [2.75, 3.05) is 42.9 Å². The number of nitrogens with one attached hydrogen (secondary N) is 1. The lowest BCUT2D eigenvalue weighted by Gasteiger charge is -2.36. The zero-order chi connectivity index (χ0) is 22.1. The van der Waals surface area contributed by atoms with E-state index in [0.29, 0.717) is 40.2 Å². The molecule has 32 heavy (non-hydrogen) atoms. The van der Waals surface area contributed by atoms with E-state index in [9.17, 15) is 9.59 Å². The molecule has 3 aliphatic rings. The van der Waals surface area contributed by atoms with Gasteiger partial charge in [0.05, 0.1) is 16.9 Å². The van der Waals surface area contributed by atoms with Gasteiger partial charge in [-0.2, -0.15) is 0 Å². The summed E-state index contributed by atoms with van der Waals surface area (Å²) in [6, 6.07) is 8.36. The predicted molar refractivity (Wildman–Crippen MR) is 126 cm³/mol. The first-order valence-electron chi connectivity index (χ1n) is 11.5. The summed E-state index contributed by atoms with van der Waals surface area (Å²) in [7, 11) is 0. The summed E-state index contributed by atoms with van der Waals surface area (Å²) in [5.41, 5.74) is 1.39. The first-order chi connectivity index (χ1) is 15.6. The Kier molecular flexibility index (Phi) is 6.02. The Hall–Kier alpha value is -2.64. The number of benzene rings is 1. The molecule has 8 heteroatoms. The van der Waals surface area contributed by atoms with Crippen molar-refractivity contribution in [1.29, 1.82) is 0 Å². The third-order valence-electron chi connectivity index (χ3n) is 6.73. The Morgan fingerprint density at radius 2 is 2.00 bits per heavy atom. The van der Waals surface area contributed by atoms with E-state index in [-0.39, 0.29) is 11.9 Å². The lowest BCUT2D eigenvalue weighted by atomic mass is 9.94. The summed E-state index contributed by atoms with van der Waals surface area (Å²) in [4.78, 5) is 37.2. The average Bonchev–Trinajstić information content (AvgIpc) is 3.29. The minimum atomic E-state index is -0.275. The number of carbonyl (C=O) groups excluding carboxylic acids is 2. The van der Waals surface area contributed by atoms with Crippen molar-refractivity contribution in [3.8, 4) is 0 Å². The summed E-state index contributed by atoms with van der Waals surface area (Å²) < 4.78 is 0. The molecule has 0 radical (unpaired) electrons. The Balaban J connectivity index is 1.42. The average molecular weight is 454 g/mol. The van der Waals surface area contributed by atoms with E-state index in [4.69, 9.17) is 11.6 Å². The molecule has 4 heterocycles. The summed E-state index contributed by atoms with van der Waals surface area (Å²) in [5, 5.41) is 3.35. The standard InChI is InChI=1S/C24H28ClN5O2/c25-18-7-8-19-21(15-18)30(22-20(27-23(19)31)6-3-10-26-22)24(32)29-13-4-5-17(16-29)9-14-28-11-1-2-12-28/h3,6-8,10,15,17H,1-2,4-5,9,11-14,16H2,(H,27,31). The number of halogens is 1. The lowest BCUT2D eigenvalue weighted by molar-refractivity contribution is 0.102. The van der Waals surface area contributed by atoms with Crippen LogP contribution in [0.25, 0.3) is 0 Å². The molecule has 5 rings (SSSR count). The first kappa shape index (κ1) is 21.2. The van der Waals surface area contributed by atoms with Crippen LogP contribution in [0.1, 0.15) is 42.5 Å². The van der Waals surface area contributed by atoms with Crippen LogP contribution in [0.4, 0.5) is 22.0 Å². The highest BCUT2D eigenvalue weighted by Crippen LogP contribution is 2.39. The van der Waals surface area contributed by atoms with Crippen molar-refractivity contribution in [1.82, 2.24) is 14.8 Å². The van der Waals surface area contributed by atoms with Crippen molar-refractivity contribution in [3.05, 3.63) is 47.1 Å². The molecule has 2 fully saturated rings. The number of pyridine rings is 1. The van der Waals surface area contributed by atoms with E-state index in [1.165, 1.54) is 25.9 Å². The van der Waals surface area contributed by atoms with Crippen LogP contribution in [0, 0.1) is 5.92 Å². The van der Waals surface area contributed by atoms with Crippen LogP contribution in [0.2, 0.25) is 5.02 Å². The zero-order valence-electron chi connectivity index (χ0n) is 18.1. The number of urea groups is 1. The molecule has 0 saturated carbocycles. The SMILES string of the molecule is O=C1Nc2cccnc2N(C(=O)N2CCCC(CCN3CCCC3)C2)c2cc(Cl)ccc21. The molecule has 2 aromatic rings. The molecule has 0 bridgehead atoms. The Bertz CT molecular complexity index is 1020. The quantitative estimate of drug-likeness (QED) is 0.727. The largest absolute Gasteiger partial charge is 0.330 e. The van der Waals surface area contributed by atoms with Crippen molar-refractivity contribution in [2.24, 2.45) is 5.92 Å². The maximum Gasteiger partial charge on any atom is 0.330 e. The molecular formula is C24H28ClN5O2. The molecule has 1 aromatic heterocycles. The zero-order valence-corrected chi connectivity index (χ0v) is 18.9. The Labute approximate surface area is 193 Å². The van der Waals surface area contributed by atoms with Gasteiger partial charge in [0, 0.05) is 24.3 Å². The van der Waals surface area contributed by atoms with Crippen molar-refractivity contribution in [2.45, 2.75) is 32.1 Å². The number of anilines is 3. The molecule has 0 aliphatic carbocycles. The Morgan fingerprint density at radius 1 is 1.16 bits per heavy atom. The summed E-state index contributed by atoms with van der Waals surface area (Å²) in [5.74, 6) is 0.636. The van der Waals surface area contributed by atoms with Gasteiger partial charge in [-0.15, -0.1) is 0 Å². The summed E-state index contributed by atoms with van der Waals surface area (Å²) in [6.45, 7) is 4.93.